The predicted octanol–water partition coefficient (Wildman–Crippen LogP) is -0.666. The Morgan fingerprint density at radius 2 is 1.58 bits per heavy atom. The molecule has 0 saturated heterocycles. The van der Waals surface area contributed by atoms with Crippen molar-refractivity contribution in [3.8, 4) is 0 Å². The second kappa shape index (κ2) is 2.90. The summed E-state index contributed by atoms with van der Waals surface area (Å²) in [5.74, 6) is -1.44. The van der Waals surface area contributed by atoms with Crippen LogP contribution in [0.2, 0.25) is 0 Å². The molecule has 0 unspecified atom stereocenters. The van der Waals surface area contributed by atoms with Crippen LogP contribution in [-0.4, -0.2) is 20.8 Å². The second-order valence-corrected chi connectivity index (χ2v) is 3.16. The quantitative estimate of drug-likeness (QED) is 0.551. The zero-order chi connectivity index (χ0) is 9.35. The summed E-state index contributed by atoms with van der Waals surface area (Å²) in [6.45, 7) is 0. The second-order valence-electron chi connectivity index (χ2n) is 3.16. The third kappa shape index (κ3) is 1.67. The predicted molar refractivity (Wildman–Crippen MR) is 47.3 cm³/mol. The first-order valence-corrected chi connectivity index (χ1v) is 3.60. The van der Waals surface area contributed by atoms with Crippen LogP contribution in [0, 0.1) is 11.6 Å². The molecule has 1 nitrogen and oxygen atoms in total. The maximum atomic E-state index is 12.9. The summed E-state index contributed by atoms with van der Waals surface area (Å²) in [7, 11) is 2.68. The van der Waals surface area contributed by atoms with Crippen molar-refractivity contribution in [3.63, 3.8) is 0 Å². The van der Waals surface area contributed by atoms with Gasteiger partial charge < -0.3 is 5.11 Å². The van der Waals surface area contributed by atoms with E-state index < -0.39 is 17.0 Å². The molecule has 1 N–H and O–H groups in total. The Balaban J connectivity index is 3.31. The monoisotopic (exact) mass is 168 g/mol. The van der Waals surface area contributed by atoms with E-state index in [1.54, 1.807) is 0 Å². The Kier molecular flexibility index (Phi) is 2.24. The highest BCUT2D eigenvalue weighted by molar-refractivity contribution is 6.38. The fourth-order valence-electron chi connectivity index (χ4n) is 1.08. The van der Waals surface area contributed by atoms with E-state index in [1.807, 2.05) is 0 Å². The van der Waals surface area contributed by atoms with Crippen molar-refractivity contribution in [1.82, 2.24) is 0 Å². The Morgan fingerprint density at radius 1 is 1.17 bits per heavy atom. The van der Waals surface area contributed by atoms with E-state index in [4.69, 9.17) is 0 Å². The van der Waals surface area contributed by atoms with Crippen LogP contribution in [0.15, 0.2) is 18.2 Å². The molecule has 0 bridgehead atoms. The number of halogens is 2. The molecule has 0 amide bonds. The van der Waals surface area contributed by atoms with E-state index in [9.17, 15) is 13.9 Å². The molecule has 62 valence electrons. The third-order valence-electron chi connectivity index (χ3n) is 1.57. The number of benzene rings is 1. The normalized spacial score (nSPS) is 11.6. The van der Waals surface area contributed by atoms with Crippen LogP contribution < -0.4 is 0 Å². The number of hydrogen-bond donors (Lipinski definition) is 1. The molecule has 0 heterocycles. The third-order valence-corrected chi connectivity index (χ3v) is 1.57. The average molecular weight is 168 g/mol. The molecule has 1 rings (SSSR count). The lowest BCUT2D eigenvalue weighted by Crippen LogP contribution is -2.28. The van der Waals surface area contributed by atoms with Crippen molar-refractivity contribution >= 4 is 15.7 Å². The van der Waals surface area contributed by atoms with Gasteiger partial charge in [-0.2, -0.15) is 0 Å². The van der Waals surface area contributed by atoms with E-state index in [-0.39, 0.29) is 5.56 Å². The minimum Gasteiger partial charge on any atom is -0.403 e. The molecule has 0 saturated carbocycles. The molecule has 12 heavy (non-hydrogen) atoms. The van der Waals surface area contributed by atoms with Crippen LogP contribution in [0.3, 0.4) is 0 Å². The molecular formula is C7H8B2F2O. The van der Waals surface area contributed by atoms with Crippen molar-refractivity contribution in [2.45, 2.75) is 5.40 Å². The summed E-state index contributed by atoms with van der Waals surface area (Å²) in [5.41, 5.74) is -0.287. The fraction of sp³-hybridized carbons (Fsp3) is 0.143. The van der Waals surface area contributed by atoms with Crippen LogP contribution in [0.1, 0.15) is 5.56 Å². The van der Waals surface area contributed by atoms with Gasteiger partial charge in [0.05, 0.1) is 0 Å². The molecule has 0 aliphatic heterocycles. The van der Waals surface area contributed by atoms with E-state index in [1.165, 1.54) is 21.8 Å². The molecule has 0 aromatic heterocycles. The van der Waals surface area contributed by atoms with Gasteiger partial charge in [-0.05, 0) is 12.1 Å². The summed E-state index contributed by atoms with van der Waals surface area (Å²) >= 11 is 0. The Bertz CT molecular complexity index is 276. The summed E-state index contributed by atoms with van der Waals surface area (Å²) in [4.78, 5) is 0. The molecule has 1 aromatic carbocycles. The minimum absolute atomic E-state index is 0.287. The number of aliphatic hydroxyl groups is 1. The van der Waals surface area contributed by atoms with Crippen LogP contribution in [-0.2, 0) is 5.40 Å². The summed E-state index contributed by atoms with van der Waals surface area (Å²) < 4.78 is 25.9. The van der Waals surface area contributed by atoms with Gasteiger partial charge in [0, 0.05) is 11.0 Å². The summed E-state index contributed by atoms with van der Waals surface area (Å²) in [6, 6.07) is 3.51. The molecule has 0 fully saturated rings. The number of rotatable bonds is 1. The molecule has 0 aliphatic carbocycles. The van der Waals surface area contributed by atoms with Gasteiger partial charge in [-0.1, -0.05) is 6.07 Å². The highest BCUT2D eigenvalue weighted by Crippen LogP contribution is 2.20. The first-order chi connectivity index (χ1) is 5.43. The summed E-state index contributed by atoms with van der Waals surface area (Å²) in [6.07, 6.45) is 0. The van der Waals surface area contributed by atoms with E-state index in [0.717, 1.165) is 12.1 Å². The SMILES string of the molecule is BC(B)(O)c1c(F)cccc1F. The lowest BCUT2D eigenvalue weighted by Gasteiger charge is -2.19. The molecular weight excluding hydrogens is 160 g/mol. The van der Waals surface area contributed by atoms with Crippen molar-refractivity contribution in [1.29, 1.82) is 0 Å². The van der Waals surface area contributed by atoms with Gasteiger partial charge in [0.15, 0.2) is 0 Å². The standard InChI is InChI=1S/C7H8B2F2O/c8-7(9,12)6-4(10)2-1-3-5(6)11/h1-3,12H,8-9H2. The van der Waals surface area contributed by atoms with Gasteiger partial charge in [0.1, 0.15) is 27.3 Å². The van der Waals surface area contributed by atoms with Crippen LogP contribution in [0.5, 0.6) is 0 Å². The molecule has 0 atom stereocenters. The van der Waals surface area contributed by atoms with E-state index in [0.29, 0.717) is 0 Å². The molecule has 0 radical (unpaired) electrons. The molecule has 5 heteroatoms. The van der Waals surface area contributed by atoms with E-state index in [2.05, 4.69) is 0 Å². The lowest BCUT2D eigenvalue weighted by molar-refractivity contribution is 0.205. The fourth-order valence-corrected chi connectivity index (χ4v) is 1.08. The zero-order valence-corrected chi connectivity index (χ0v) is 6.94. The average Bonchev–Trinajstić information content (AvgIpc) is 1.82. The first kappa shape index (κ1) is 9.26. The maximum absolute atomic E-state index is 12.9. The largest absolute Gasteiger partial charge is 0.403 e. The van der Waals surface area contributed by atoms with Gasteiger partial charge in [-0.15, -0.1) is 0 Å². The van der Waals surface area contributed by atoms with Gasteiger partial charge in [-0.25, -0.2) is 8.78 Å². The molecule has 1 aromatic rings. The van der Waals surface area contributed by atoms with Gasteiger partial charge in [0.25, 0.3) is 0 Å². The van der Waals surface area contributed by atoms with Crippen molar-refractivity contribution in [2.24, 2.45) is 0 Å². The molecule has 0 spiro atoms. The first-order valence-electron chi connectivity index (χ1n) is 3.60. The highest BCUT2D eigenvalue weighted by Gasteiger charge is 2.24. The smallest absolute Gasteiger partial charge is 0.137 e. The van der Waals surface area contributed by atoms with E-state index >= 15 is 0 Å². The van der Waals surface area contributed by atoms with Gasteiger partial charge in [0.2, 0.25) is 0 Å². The highest BCUT2D eigenvalue weighted by atomic mass is 19.1. The Hall–Kier alpha value is -0.830. The minimum atomic E-state index is -1.48. The van der Waals surface area contributed by atoms with Gasteiger partial charge in [-0.3, -0.25) is 0 Å². The number of hydrogen-bond acceptors (Lipinski definition) is 1. The van der Waals surface area contributed by atoms with Crippen molar-refractivity contribution in [2.75, 3.05) is 0 Å². The Labute approximate surface area is 71.2 Å². The Morgan fingerprint density at radius 3 is 1.83 bits per heavy atom. The maximum Gasteiger partial charge on any atom is 0.137 e. The summed E-state index contributed by atoms with van der Waals surface area (Å²) in [5, 5.41) is 7.89. The van der Waals surface area contributed by atoms with Crippen LogP contribution in [0.4, 0.5) is 8.78 Å². The zero-order valence-electron chi connectivity index (χ0n) is 6.94. The topological polar surface area (TPSA) is 20.2 Å². The van der Waals surface area contributed by atoms with Crippen LogP contribution in [0.25, 0.3) is 0 Å². The molecule has 0 aliphatic rings. The van der Waals surface area contributed by atoms with Crippen molar-refractivity contribution < 1.29 is 13.9 Å². The van der Waals surface area contributed by atoms with Gasteiger partial charge >= 0.3 is 0 Å². The van der Waals surface area contributed by atoms with Crippen molar-refractivity contribution in [3.05, 3.63) is 35.4 Å². The lowest BCUT2D eigenvalue weighted by atomic mass is 9.61. The van der Waals surface area contributed by atoms with Crippen LogP contribution >= 0.6 is 0 Å².